The van der Waals surface area contributed by atoms with E-state index >= 15 is 0 Å². The molecule has 0 saturated carbocycles. The van der Waals surface area contributed by atoms with Crippen LogP contribution in [0.25, 0.3) is 11.1 Å². The predicted octanol–water partition coefficient (Wildman–Crippen LogP) is 3.16. The number of methoxy groups -OCH3 is 1. The topological polar surface area (TPSA) is 54.9 Å². The van der Waals surface area contributed by atoms with E-state index in [0.29, 0.717) is 26.3 Å². The van der Waals surface area contributed by atoms with Crippen LogP contribution in [-0.4, -0.2) is 46.4 Å². The third-order valence-electron chi connectivity index (χ3n) is 3.45. The fourth-order valence-electron chi connectivity index (χ4n) is 2.27. The molecule has 0 radical (unpaired) electrons. The summed E-state index contributed by atoms with van der Waals surface area (Å²) in [4.78, 5) is 4.15. The minimum absolute atomic E-state index is 0. The SMILES string of the molecule is CN=C(NCCOC)NCCOc1ccccc1-c1ccccc1.I. The van der Waals surface area contributed by atoms with E-state index in [1.807, 2.05) is 36.4 Å². The molecular weight excluding hydrogens is 429 g/mol. The van der Waals surface area contributed by atoms with Crippen molar-refractivity contribution in [2.75, 3.05) is 40.5 Å². The molecule has 6 heteroatoms. The van der Waals surface area contributed by atoms with Gasteiger partial charge in [-0.2, -0.15) is 0 Å². The highest BCUT2D eigenvalue weighted by molar-refractivity contribution is 14.0. The maximum atomic E-state index is 5.94. The zero-order valence-corrected chi connectivity index (χ0v) is 17.0. The zero-order chi connectivity index (χ0) is 17.0. The largest absolute Gasteiger partial charge is 0.491 e. The van der Waals surface area contributed by atoms with Crippen molar-refractivity contribution in [3.05, 3.63) is 54.6 Å². The van der Waals surface area contributed by atoms with Gasteiger partial charge < -0.3 is 20.1 Å². The molecule has 0 saturated heterocycles. The molecule has 136 valence electrons. The Bertz CT molecular complexity index is 636. The standard InChI is InChI=1S/C19H25N3O2.HI/c1-20-19(21-12-14-23-2)22-13-15-24-18-11-7-6-10-17(18)16-8-4-3-5-9-16;/h3-11H,12-15H2,1-2H3,(H2,20,21,22);1H. The highest BCUT2D eigenvalue weighted by Gasteiger charge is 2.05. The first-order chi connectivity index (χ1) is 11.8. The van der Waals surface area contributed by atoms with E-state index in [2.05, 4.69) is 33.8 Å². The molecule has 0 aliphatic carbocycles. The van der Waals surface area contributed by atoms with Gasteiger partial charge in [0, 0.05) is 26.3 Å². The maximum Gasteiger partial charge on any atom is 0.191 e. The van der Waals surface area contributed by atoms with Gasteiger partial charge in [0.05, 0.1) is 13.2 Å². The third kappa shape index (κ3) is 7.31. The molecule has 0 fully saturated rings. The highest BCUT2D eigenvalue weighted by atomic mass is 127. The van der Waals surface area contributed by atoms with Crippen molar-refractivity contribution in [2.45, 2.75) is 0 Å². The van der Waals surface area contributed by atoms with E-state index in [4.69, 9.17) is 9.47 Å². The molecule has 2 aromatic rings. The summed E-state index contributed by atoms with van der Waals surface area (Å²) < 4.78 is 10.9. The van der Waals surface area contributed by atoms with Gasteiger partial charge in [0.25, 0.3) is 0 Å². The van der Waals surface area contributed by atoms with Crippen molar-refractivity contribution in [1.29, 1.82) is 0 Å². The van der Waals surface area contributed by atoms with Crippen molar-refractivity contribution in [2.24, 2.45) is 4.99 Å². The van der Waals surface area contributed by atoms with E-state index in [1.54, 1.807) is 14.2 Å². The molecule has 2 rings (SSSR count). The summed E-state index contributed by atoms with van der Waals surface area (Å²) >= 11 is 0. The van der Waals surface area contributed by atoms with Gasteiger partial charge in [-0.05, 0) is 11.6 Å². The molecule has 0 heterocycles. The van der Waals surface area contributed by atoms with E-state index in [9.17, 15) is 0 Å². The number of hydrogen-bond acceptors (Lipinski definition) is 3. The summed E-state index contributed by atoms with van der Waals surface area (Å²) in [5.41, 5.74) is 2.25. The summed E-state index contributed by atoms with van der Waals surface area (Å²) in [6.45, 7) is 2.57. The van der Waals surface area contributed by atoms with E-state index in [-0.39, 0.29) is 24.0 Å². The summed E-state index contributed by atoms with van der Waals surface area (Å²) in [7, 11) is 3.42. The van der Waals surface area contributed by atoms with Crippen LogP contribution < -0.4 is 15.4 Å². The third-order valence-corrected chi connectivity index (χ3v) is 3.45. The Hall–Kier alpha value is -1.80. The lowest BCUT2D eigenvalue weighted by Gasteiger charge is -2.14. The van der Waals surface area contributed by atoms with Crippen molar-refractivity contribution >= 4 is 29.9 Å². The average molecular weight is 455 g/mol. The van der Waals surface area contributed by atoms with Crippen molar-refractivity contribution in [3.8, 4) is 16.9 Å². The lowest BCUT2D eigenvalue weighted by atomic mass is 10.1. The molecule has 0 atom stereocenters. The molecule has 0 spiro atoms. The Kier molecular flexibility index (Phi) is 10.7. The van der Waals surface area contributed by atoms with Gasteiger partial charge >= 0.3 is 0 Å². The minimum Gasteiger partial charge on any atom is -0.491 e. The normalized spacial score (nSPS) is 10.7. The van der Waals surface area contributed by atoms with Crippen LogP contribution in [0.5, 0.6) is 5.75 Å². The van der Waals surface area contributed by atoms with Crippen LogP contribution in [-0.2, 0) is 4.74 Å². The minimum atomic E-state index is 0. The summed E-state index contributed by atoms with van der Waals surface area (Å²) in [6.07, 6.45) is 0. The van der Waals surface area contributed by atoms with Gasteiger partial charge in [-0.1, -0.05) is 48.5 Å². The predicted molar refractivity (Wildman–Crippen MR) is 114 cm³/mol. The molecule has 5 nitrogen and oxygen atoms in total. The lowest BCUT2D eigenvalue weighted by Crippen LogP contribution is -2.40. The van der Waals surface area contributed by atoms with Crippen molar-refractivity contribution in [1.82, 2.24) is 10.6 Å². The Morgan fingerprint density at radius 1 is 0.920 bits per heavy atom. The lowest BCUT2D eigenvalue weighted by molar-refractivity contribution is 0.203. The smallest absolute Gasteiger partial charge is 0.191 e. The Labute approximate surface area is 166 Å². The number of hydrogen-bond donors (Lipinski definition) is 2. The first-order valence-corrected chi connectivity index (χ1v) is 8.06. The van der Waals surface area contributed by atoms with Gasteiger partial charge in [0.2, 0.25) is 0 Å². The number of nitrogens with one attached hydrogen (secondary N) is 2. The molecule has 2 N–H and O–H groups in total. The number of guanidine groups is 1. The monoisotopic (exact) mass is 455 g/mol. The van der Waals surface area contributed by atoms with Crippen LogP contribution in [0, 0.1) is 0 Å². The number of ether oxygens (including phenoxy) is 2. The fraction of sp³-hybridized carbons (Fsp3) is 0.316. The molecule has 0 aliphatic rings. The first-order valence-electron chi connectivity index (χ1n) is 8.06. The summed E-state index contributed by atoms with van der Waals surface area (Å²) in [5, 5.41) is 6.38. The summed E-state index contributed by atoms with van der Waals surface area (Å²) in [6, 6.07) is 18.3. The molecular formula is C19H26IN3O2. The van der Waals surface area contributed by atoms with Gasteiger partial charge in [-0.15, -0.1) is 24.0 Å². The molecule has 0 aliphatic heterocycles. The Morgan fingerprint density at radius 2 is 1.56 bits per heavy atom. The zero-order valence-electron chi connectivity index (χ0n) is 14.7. The number of halogens is 1. The van der Waals surface area contributed by atoms with Gasteiger partial charge in [0.15, 0.2) is 5.96 Å². The van der Waals surface area contributed by atoms with E-state index in [0.717, 1.165) is 22.8 Å². The second-order valence-corrected chi connectivity index (χ2v) is 5.13. The van der Waals surface area contributed by atoms with Gasteiger partial charge in [0.1, 0.15) is 12.4 Å². The maximum absolute atomic E-state index is 5.94. The van der Waals surface area contributed by atoms with Gasteiger partial charge in [-0.25, -0.2) is 0 Å². The quantitative estimate of drug-likeness (QED) is 0.278. The highest BCUT2D eigenvalue weighted by Crippen LogP contribution is 2.29. The van der Waals surface area contributed by atoms with Crippen molar-refractivity contribution < 1.29 is 9.47 Å². The number of nitrogens with zero attached hydrogens (tertiary/aromatic N) is 1. The second-order valence-electron chi connectivity index (χ2n) is 5.13. The molecule has 0 aromatic heterocycles. The average Bonchev–Trinajstić information content (AvgIpc) is 2.65. The molecule has 0 bridgehead atoms. The Morgan fingerprint density at radius 3 is 2.24 bits per heavy atom. The number of rotatable bonds is 8. The second kappa shape index (κ2) is 12.5. The molecule has 0 unspecified atom stereocenters. The first kappa shape index (κ1) is 21.2. The number of aliphatic imine (C=N–C) groups is 1. The van der Waals surface area contributed by atoms with Crippen LogP contribution in [0.15, 0.2) is 59.6 Å². The Balaban J connectivity index is 0.00000312. The van der Waals surface area contributed by atoms with E-state index in [1.165, 1.54) is 0 Å². The summed E-state index contributed by atoms with van der Waals surface area (Å²) in [5.74, 6) is 1.62. The molecule has 25 heavy (non-hydrogen) atoms. The van der Waals surface area contributed by atoms with Crippen LogP contribution in [0.2, 0.25) is 0 Å². The number of para-hydroxylation sites is 1. The fourth-order valence-corrected chi connectivity index (χ4v) is 2.27. The molecule has 2 aromatic carbocycles. The van der Waals surface area contributed by atoms with Crippen LogP contribution >= 0.6 is 24.0 Å². The molecule has 0 amide bonds. The van der Waals surface area contributed by atoms with Gasteiger partial charge in [-0.3, -0.25) is 4.99 Å². The van der Waals surface area contributed by atoms with Crippen LogP contribution in [0.3, 0.4) is 0 Å². The van der Waals surface area contributed by atoms with E-state index < -0.39 is 0 Å². The van der Waals surface area contributed by atoms with Crippen LogP contribution in [0.1, 0.15) is 0 Å². The number of benzene rings is 2. The van der Waals surface area contributed by atoms with Crippen molar-refractivity contribution in [3.63, 3.8) is 0 Å². The van der Waals surface area contributed by atoms with Crippen LogP contribution in [0.4, 0.5) is 0 Å².